The summed E-state index contributed by atoms with van der Waals surface area (Å²) in [6.07, 6.45) is 3.31. The Morgan fingerprint density at radius 3 is 2.58 bits per heavy atom. The minimum atomic E-state index is -1.02. The van der Waals surface area contributed by atoms with Gasteiger partial charge in [-0.1, -0.05) is 60.7 Å². The van der Waals surface area contributed by atoms with Gasteiger partial charge in [-0.15, -0.1) is 0 Å². The van der Waals surface area contributed by atoms with E-state index >= 15 is 0 Å². The van der Waals surface area contributed by atoms with E-state index in [1.165, 1.54) is 18.2 Å². The van der Waals surface area contributed by atoms with Gasteiger partial charge in [0, 0.05) is 23.7 Å². The van der Waals surface area contributed by atoms with Crippen LogP contribution in [-0.2, 0) is 14.3 Å². The van der Waals surface area contributed by atoms with Crippen molar-refractivity contribution in [2.45, 2.75) is 18.5 Å². The molecule has 0 fully saturated rings. The van der Waals surface area contributed by atoms with Gasteiger partial charge in [-0.25, -0.2) is 0 Å². The highest BCUT2D eigenvalue weighted by Gasteiger charge is 2.33. The van der Waals surface area contributed by atoms with Crippen LogP contribution in [0.5, 0.6) is 0 Å². The lowest BCUT2D eigenvalue weighted by Gasteiger charge is -2.26. The lowest BCUT2D eigenvalue weighted by atomic mass is 9.97. The van der Waals surface area contributed by atoms with Crippen molar-refractivity contribution in [1.29, 1.82) is 0 Å². The summed E-state index contributed by atoms with van der Waals surface area (Å²) in [5.74, 6) is -1.95. The Hall–Kier alpha value is -4.37. The van der Waals surface area contributed by atoms with Gasteiger partial charge in [0.1, 0.15) is 18.3 Å². The second-order valence-electron chi connectivity index (χ2n) is 8.40. The first-order valence-corrected chi connectivity index (χ1v) is 11.4. The summed E-state index contributed by atoms with van der Waals surface area (Å²) >= 11 is 0. The predicted molar refractivity (Wildman–Crippen MR) is 133 cm³/mol. The summed E-state index contributed by atoms with van der Waals surface area (Å²) in [6, 6.07) is 15.7. The average molecular weight is 487 g/mol. The maximum Gasteiger partial charge on any atom is 0.325 e. The maximum absolute atomic E-state index is 13.4. The van der Waals surface area contributed by atoms with Gasteiger partial charge in [0.05, 0.1) is 13.2 Å². The van der Waals surface area contributed by atoms with E-state index in [9.17, 15) is 19.2 Å². The molecule has 2 heterocycles. The van der Waals surface area contributed by atoms with Crippen LogP contribution in [0, 0.1) is 0 Å². The lowest BCUT2D eigenvalue weighted by Crippen LogP contribution is -2.50. The number of ether oxygens (including phenoxy) is 1. The largest absolute Gasteiger partial charge is 0.468 e. The molecule has 1 aromatic heterocycles. The number of ketones is 1. The van der Waals surface area contributed by atoms with Crippen molar-refractivity contribution < 1.29 is 23.9 Å². The molecule has 0 saturated carbocycles. The number of fused-ring (bicyclic) bond motifs is 1. The fourth-order valence-corrected chi connectivity index (χ4v) is 4.13. The van der Waals surface area contributed by atoms with Gasteiger partial charge in [-0.2, -0.15) is 0 Å². The molecular weight excluding hydrogens is 460 g/mol. The monoisotopic (exact) mass is 486 g/mol. The number of hydrogen-bond donors (Lipinski definition) is 2. The van der Waals surface area contributed by atoms with Crippen LogP contribution in [0.2, 0.25) is 0 Å². The normalized spacial score (nSPS) is 16.6. The number of pyridine rings is 1. The first kappa shape index (κ1) is 24.7. The molecule has 1 aliphatic heterocycles. The third-order valence-electron chi connectivity index (χ3n) is 6.08. The van der Waals surface area contributed by atoms with Crippen molar-refractivity contribution in [1.82, 2.24) is 15.2 Å². The molecule has 9 heteroatoms. The van der Waals surface area contributed by atoms with Gasteiger partial charge in [-0.3, -0.25) is 24.2 Å². The number of Topliss-reactive ketones (excluding diaryl/α,β-unsaturated/α-hetero) is 1. The quantitative estimate of drug-likeness (QED) is 0.296. The van der Waals surface area contributed by atoms with Crippen LogP contribution >= 0.6 is 0 Å². The van der Waals surface area contributed by atoms with Crippen molar-refractivity contribution in [2.24, 2.45) is 5.73 Å². The predicted octanol–water partition coefficient (Wildman–Crippen LogP) is 1.88. The van der Waals surface area contributed by atoms with Crippen LogP contribution in [0.25, 0.3) is 10.8 Å². The molecule has 2 aromatic carbocycles. The molecule has 0 radical (unpaired) electrons. The van der Waals surface area contributed by atoms with E-state index in [2.05, 4.69) is 10.3 Å². The number of hydrogen-bond acceptors (Lipinski definition) is 7. The lowest BCUT2D eigenvalue weighted by molar-refractivity contribution is -0.147. The zero-order valence-electron chi connectivity index (χ0n) is 19.7. The van der Waals surface area contributed by atoms with E-state index in [0.717, 1.165) is 5.39 Å². The molecule has 2 amide bonds. The molecule has 184 valence electrons. The summed E-state index contributed by atoms with van der Waals surface area (Å²) in [5.41, 5.74) is 7.39. The molecule has 3 N–H and O–H groups in total. The van der Waals surface area contributed by atoms with Crippen molar-refractivity contribution in [3.63, 3.8) is 0 Å². The number of carbonyl (C=O) groups excluding carboxylic acids is 4. The number of rotatable bonds is 7. The van der Waals surface area contributed by atoms with Crippen LogP contribution in [0.4, 0.5) is 0 Å². The third-order valence-corrected chi connectivity index (χ3v) is 6.08. The molecule has 0 saturated heterocycles. The van der Waals surface area contributed by atoms with Gasteiger partial charge in [-0.05, 0) is 23.4 Å². The van der Waals surface area contributed by atoms with Gasteiger partial charge in [0.2, 0.25) is 5.91 Å². The number of nitrogens with zero attached hydrogens (tertiary/aromatic N) is 2. The Labute approximate surface area is 207 Å². The zero-order chi connectivity index (χ0) is 25.7. The van der Waals surface area contributed by atoms with E-state index in [1.54, 1.807) is 54.6 Å². The van der Waals surface area contributed by atoms with Crippen molar-refractivity contribution >= 4 is 34.3 Å². The maximum atomic E-state index is 13.4. The number of esters is 1. The first-order valence-electron chi connectivity index (χ1n) is 11.4. The van der Waals surface area contributed by atoms with E-state index < -0.39 is 29.9 Å². The van der Waals surface area contributed by atoms with Crippen LogP contribution in [0.1, 0.15) is 27.3 Å². The fourth-order valence-electron chi connectivity index (χ4n) is 4.13. The van der Waals surface area contributed by atoms with Gasteiger partial charge >= 0.3 is 5.97 Å². The van der Waals surface area contributed by atoms with Crippen LogP contribution in [0.15, 0.2) is 78.5 Å². The number of methoxy groups -OCH3 is 1. The number of carbonyl (C=O) groups is 4. The topological polar surface area (TPSA) is 132 Å². The molecule has 2 atom stereocenters. The fraction of sp³-hybridized carbons (Fsp3) is 0.222. The molecule has 1 aliphatic rings. The molecule has 2 unspecified atom stereocenters. The number of nitrogens with one attached hydrogen (secondary N) is 1. The molecular formula is C27H26N4O5. The minimum Gasteiger partial charge on any atom is -0.468 e. The van der Waals surface area contributed by atoms with Crippen LogP contribution < -0.4 is 11.1 Å². The van der Waals surface area contributed by atoms with E-state index in [-0.39, 0.29) is 31.0 Å². The summed E-state index contributed by atoms with van der Waals surface area (Å²) < 4.78 is 4.74. The van der Waals surface area contributed by atoms with E-state index in [0.29, 0.717) is 16.5 Å². The highest BCUT2D eigenvalue weighted by molar-refractivity contribution is 6.06. The Balaban J connectivity index is 1.61. The van der Waals surface area contributed by atoms with Gasteiger partial charge in [0.25, 0.3) is 5.91 Å². The SMILES string of the molecule is COC(=O)CN1CC(C(N)C(=O)c2ccccc2)=CCC(NC(=O)c2nccc3ccccc23)C1=O. The first-order chi connectivity index (χ1) is 17.4. The van der Waals surface area contributed by atoms with Crippen molar-refractivity contribution in [2.75, 3.05) is 20.2 Å². The molecule has 0 spiro atoms. The Morgan fingerprint density at radius 1 is 1.11 bits per heavy atom. The summed E-state index contributed by atoms with van der Waals surface area (Å²) in [7, 11) is 1.22. The van der Waals surface area contributed by atoms with Crippen molar-refractivity contribution in [3.05, 3.63) is 89.8 Å². The molecule has 9 nitrogen and oxygen atoms in total. The number of aromatic nitrogens is 1. The van der Waals surface area contributed by atoms with Crippen LogP contribution in [0.3, 0.4) is 0 Å². The zero-order valence-corrected chi connectivity index (χ0v) is 19.7. The Kier molecular flexibility index (Phi) is 7.50. The molecule has 3 aromatic rings. The van der Waals surface area contributed by atoms with Gasteiger partial charge in [0.15, 0.2) is 5.78 Å². The standard InChI is InChI=1S/C27H26N4O5/c1-36-22(32)16-31-15-19(23(28)25(33)18-8-3-2-4-9-18)11-12-21(27(31)35)30-26(34)24-20-10-6-5-7-17(20)13-14-29-24/h2-11,13-14,21,23H,12,15-16,28H2,1H3,(H,30,34). The number of amides is 2. The second kappa shape index (κ2) is 10.9. The third kappa shape index (κ3) is 5.31. The second-order valence-corrected chi connectivity index (χ2v) is 8.40. The summed E-state index contributed by atoms with van der Waals surface area (Å²) in [6.45, 7) is -0.398. The number of nitrogens with two attached hydrogens (primary N) is 1. The molecule has 0 bridgehead atoms. The van der Waals surface area contributed by atoms with Crippen molar-refractivity contribution in [3.8, 4) is 0 Å². The summed E-state index contributed by atoms with van der Waals surface area (Å²) in [4.78, 5) is 56.9. The Bertz CT molecular complexity index is 1330. The molecule has 0 aliphatic carbocycles. The summed E-state index contributed by atoms with van der Waals surface area (Å²) in [5, 5.41) is 4.23. The highest BCUT2D eigenvalue weighted by atomic mass is 16.5. The highest BCUT2D eigenvalue weighted by Crippen LogP contribution is 2.20. The van der Waals surface area contributed by atoms with Crippen LogP contribution in [-0.4, -0.2) is 65.7 Å². The van der Waals surface area contributed by atoms with E-state index in [4.69, 9.17) is 10.5 Å². The van der Waals surface area contributed by atoms with Gasteiger partial charge < -0.3 is 20.7 Å². The number of benzene rings is 2. The molecule has 4 rings (SSSR count). The molecule has 36 heavy (non-hydrogen) atoms. The Morgan fingerprint density at radius 2 is 1.83 bits per heavy atom. The minimum absolute atomic E-state index is 0.0490. The average Bonchev–Trinajstić information content (AvgIpc) is 3.06. The van der Waals surface area contributed by atoms with E-state index in [1.807, 2.05) is 12.1 Å². The smallest absolute Gasteiger partial charge is 0.325 e.